The molecule has 2 bridgehead atoms. The van der Waals surface area contributed by atoms with E-state index in [1.165, 1.54) is 6.08 Å². The molecule has 0 unspecified atom stereocenters. The third kappa shape index (κ3) is 3.39. The van der Waals surface area contributed by atoms with E-state index in [1.807, 2.05) is 26.0 Å². The van der Waals surface area contributed by atoms with Crippen molar-refractivity contribution in [2.24, 2.45) is 5.41 Å². The average Bonchev–Trinajstić information content (AvgIpc) is 3.03. The summed E-state index contributed by atoms with van der Waals surface area (Å²) < 4.78 is 6.26. The topological polar surface area (TPSA) is 124 Å². The van der Waals surface area contributed by atoms with Crippen LogP contribution < -0.4 is 15.4 Å². The minimum atomic E-state index is -0.310. The van der Waals surface area contributed by atoms with Crippen LogP contribution in [-0.2, 0) is 6.42 Å². The highest BCUT2D eigenvalue weighted by Crippen LogP contribution is 2.67. The second-order valence-electron chi connectivity index (χ2n) is 9.05. The molecule has 3 fully saturated rings. The molecule has 8 nitrogen and oxygen atoms in total. The number of rotatable bonds is 6. The second-order valence-corrected chi connectivity index (χ2v) is 9.45. The smallest absolute Gasteiger partial charge is 0.271 e. The molecule has 1 atom stereocenters. The van der Waals surface area contributed by atoms with Crippen LogP contribution in [0.1, 0.15) is 66.3 Å². The van der Waals surface area contributed by atoms with E-state index in [1.54, 1.807) is 12.1 Å². The summed E-state index contributed by atoms with van der Waals surface area (Å²) in [6.07, 6.45) is 5.97. The van der Waals surface area contributed by atoms with Crippen LogP contribution >= 0.6 is 11.6 Å². The van der Waals surface area contributed by atoms with Crippen molar-refractivity contribution in [3.8, 4) is 23.8 Å². The van der Waals surface area contributed by atoms with Gasteiger partial charge in [0, 0.05) is 11.6 Å². The zero-order chi connectivity index (χ0) is 23.4. The summed E-state index contributed by atoms with van der Waals surface area (Å²) >= 11 is 6.56. The number of aromatic nitrogens is 2. The van der Waals surface area contributed by atoms with Crippen LogP contribution in [0.3, 0.4) is 0 Å². The lowest BCUT2D eigenvalue weighted by Gasteiger charge is -2.66. The van der Waals surface area contributed by atoms with Gasteiger partial charge in [-0.2, -0.15) is 15.5 Å². The van der Waals surface area contributed by atoms with E-state index in [9.17, 15) is 10.1 Å². The molecule has 1 aromatic carbocycles. The SMILES string of the molecule is CCc1cc(/C=C/C#N)cc(Cl)c1Oc1nc(NC23CC(C#N)(C2)C3)nc2c1[C@@H](C)NC2=O. The first-order valence-electron chi connectivity index (χ1n) is 10.8. The molecule has 1 aliphatic heterocycles. The first kappa shape index (κ1) is 21.2. The maximum atomic E-state index is 12.5. The lowest BCUT2D eigenvalue weighted by Crippen LogP contribution is -2.70. The van der Waals surface area contributed by atoms with E-state index >= 15 is 0 Å². The molecule has 166 valence electrons. The number of nitrogens with zero attached hydrogens (tertiary/aromatic N) is 4. The molecule has 2 heterocycles. The lowest BCUT2D eigenvalue weighted by atomic mass is 9.40. The number of allylic oxidation sites excluding steroid dienone is 1. The Balaban J connectivity index is 1.52. The van der Waals surface area contributed by atoms with Crippen LogP contribution in [0, 0.1) is 28.1 Å². The lowest BCUT2D eigenvalue weighted by molar-refractivity contribution is -0.0665. The number of carbonyl (C=O) groups is 1. The van der Waals surface area contributed by atoms with Gasteiger partial charge in [-0.1, -0.05) is 18.5 Å². The van der Waals surface area contributed by atoms with Crippen molar-refractivity contribution >= 4 is 29.5 Å². The Hall–Kier alpha value is -3.62. The molecule has 2 N–H and O–H groups in total. The van der Waals surface area contributed by atoms with Gasteiger partial charge in [-0.25, -0.2) is 4.98 Å². The molecule has 4 aliphatic rings. The first-order chi connectivity index (χ1) is 15.8. The van der Waals surface area contributed by atoms with E-state index in [-0.39, 0.29) is 34.5 Å². The van der Waals surface area contributed by atoms with E-state index in [2.05, 4.69) is 26.7 Å². The van der Waals surface area contributed by atoms with Gasteiger partial charge in [0.25, 0.3) is 5.91 Å². The number of carbonyl (C=O) groups excluding carboxylic acids is 1. The number of fused-ring (bicyclic) bond motifs is 1. The van der Waals surface area contributed by atoms with Gasteiger partial charge in [-0.15, -0.1) is 0 Å². The van der Waals surface area contributed by atoms with Gasteiger partial charge >= 0.3 is 0 Å². The van der Waals surface area contributed by atoms with E-state index in [0.717, 1.165) is 30.4 Å². The van der Waals surface area contributed by atoms with Gasteiger partial charge in [-0.3, -0.25) is 4.79 Å². The monoisotopic (exact) mass is 460 g/mol. The molecule has 3 saturated carbocycles. The number of hydrogen-bond acceptors (Lipinski definition) is 7. The summed E-state index contributed by atoms with van der Waals surface area (Å²) in [5.41, 5.74) is 2.09. The Kier molecular flexibility index (Phi) is 4.81. The molecule has 1 aromatic heterocycles. The molecule has 1 amide bonds. The minimum Gasteiger partial charge on any atom is -0.437 e. The van der Waals surface area contributed by atoms with Crippen molar-refractivity contribution in [3.05, 3.63) is 45.6 Å². The molecule has 0 radical (unpaired) electrons. The molecule has 33 heavy (non-hydrogen) atoms. The van der Waals surface area contributed by atoms with Crippen molar-refractivity contribution in [1.29, 1.82) is 10.5 Å². The number of aryl methyl sites for hydroxylation is 1. The Bertz CT molecular complexity index is 1290. The van der Waals surface area contributed by atoms with Crippen LogP contribution in [0.4, 0.5) is 5.95 Å². The largest absolute Gasteiger partial charge is 0.437 e. The van der Waals surface area contributed by atoms with Crippen molar-refractivity contribution < 1.29 is 9.53 Å². The van der Waals surface area contributed by atoms with Crippen LogP contribution in [0.5, 0.6) is 11.6 Å². The average molecular weight is 461 g/mol. The van der Waals surface area contributed by atoms with E-state index < -0.39 is 0 Å². The fraction of sp³-hybridized carbons (Fsp3) is 0.375. The summed E-state index contributed by atoms with van der Waals surface area (Å²) in [5.74, 6) is 0.757. The number of halogens is 1. The van der Waals surface area contributed by atoms with Crippen molar-refractivity contribution in [3.63, 3.8) is 0 Å². The molecule has 0 saturated heterocycles. The molecule has 3 aliphatic carbocycles. The first-order valence-corrected chi connectivity index (χ1v) is 11.2. The van der Waals surface area contributed by atoms with Crippen LogP contribution in [0.15, 0.2) is 18.2 Å². The van der Waals surface area contributed by atoms with Gasteiger partial charge in [0.1, 0.15) is 5.69 Å². The van der Waals surface area contributed by atoms with Crippen molar-refractivity contribution in [2.45, 2.75) is 51.1 Å². The molecule has 2 aromatic rings. The Morgan fingerprint density at radius 1 is 1.33 bits per heavy atom. The molecule has 6 rings (SSSR count). The maximum Gasteiger partial charge on any atom is 0.271 e. The fourth-order valence-electron chi connectivity index (χ4n) is 5.14. The number of amides is 1. The van der Waals surface area contributed by atoms with Crippen LogP contribution in [0.25, 0.3) is 6.08 Å². The predicted molar refractivity (Wildman–Crippen MR) is 122 cm³/mol. The number of anilines is 1. The van der Waals surface area contributed by atoms with Gasteiger partial charge in [0.05, 0.1) is 34.2 Å². The standard InChI is InChI=1S/C24H21ClN6O2/c1-3-15-7-14(5-4-6-26)8-16(25)19(15)33-21-17-13(2)28-20(32)18(17)29-22(30-21)31-24-9-23(10-24,11-24)12-27/h4-5,7-8,13H,3,9-11H2,1-2H3,(H,28,32)(H,29,30,31)/b5-4+/t13-,23?,24?/m1/s1. The molecule has 0 spiro atoms. The van der Waals surface area contributed by atoms with Gasteiger partial charge in [-0.05, 0) is 61.9 Å². The predicted octanol–water partition coefficient (Wildman–Crippen LogP) is 4.68. The van der Waals surface area contributed by atoms with Gasteiger partial charge in [0.15, 0.2) is 5.75 Å². The third-order valence-electron chi connectivity index (χ3n) is 6.62. The summed E-state index contributed by atoms with van der Waals surface area (Å²) in [6, 6.07) is 7.68. The highest BCUT2D eigenvalue weighted by atomic mass is 35.5. The van der Waals surface area contributed by atoms with E-state index in [4.69, 9.17) is 21.6 Å². The van der Waals surface area contributed by atoms with Crippen LogP contribution in [-0.4, -0.2) is 21.4 Å². The Morgan fingerprint density at radius 3 is 2.76 bits per heavy atom. The van der Waals surface area contributed by atoms with Gasteiger partial charge < -0.3 is 15.4 Å². The zero-order valence-electron chi connectivity index (χ0n) is 18.2. The summed E-state index contributed by atoms with van der Waals surface area (Å²) in [6.45, 7) is 3.83. The minimum absolute atomic E-state index is 0.192. The third-order valence-corrected chi connectivity index (χ3v) is 6.90. The summed E-state index contributed by atoms with van der Waals surface area (Å²) in [4.78, 5) is 21.6. The maximum absolute atomic E-state index is 12.5. The number of nitriles is 2. The zero-order valence-corrected chi connectivity index (χ0v) is 19.0. The second kappa shape index (κ2) is 7.47. The van der Waals surface area contributed by atoms with E-state index in [0.29, 0.717) is 28.7 Å². The number of hydrogen-bond donors (Lipinski definition) is 2. The van der Waals surface area contributed by atoms with Crippen molar-refractivity contribution in [1.82, 2.24) is 15.3 Å². The highest BCUT2D eigenvalue weighted by molar-refractivity contribution is 6.32. The Morgan fingerprint density at radius 2 is 2.09 bits per heavy atom. The fourth-order valence-corrected chi connectivity index (χ4v) is 5.42. The van der Waals surface area contributed by atoms with Crippen LogP contribution in [0.2, 0.25) is 5.02 Å². The van der Waals surface area contributed by atoms with Crippen molar-refractivity contribution in [2.75, 3.05) is 5.32 Å². The molecular formula is C24H21ClN6O2. The highest BCUT2D eigenvalue weighted by Gasteiger charge is 2.69. The number of benzene rings is 1. The Labute approximate surface area is 196 Å². The molecular weight excluding hydrogens is 440 g/mol. The molecule has 9 heteroatoms. The number of nitrogens with one attached hydrogen (secondary N) is 2. The normalized spacial score (nSPS) is 26.5. The van der Waals surface area contributed by atoms with Gasteiger partial charge in [0.2, 0.25) is 11.8 Å². The quantitative estimate of drug-likeness (QED) is 0.599. The summed E-state index contributed by atoms with van der Waals surface area (Å²) in [5, 5.41) is 24.7. The number of ether oxygens (including phenoxy) is 1. The summed E-state index contributed by atoms with van der Waals surface area (Å²) in [7, 11) is 0.